The van der Waals surface area contributed by atoms with Crippen molar-refractivity contribution < 1.29 is 5.11 Å². The minimum absolute atomic E-state index is 0.342. The van der Waals surface area contributed by atoms with Crippen LogP contribution < -0.4 is 0 Å². The summed E-state index contributed by atoms with van der Waals surface area (Å²) in [5, 5.41) is 9.16. The van der Waals surface area contributed by atoms with E-state index in [1.165, 1.54) is 5.57 Å². The number of rotatable bonds is 3. The van der Waals surface area contributed by atoms with E-state index in [0.29, 0.717) is 5.75 Å². The van der Waals surface area contributed by atoms with Crippen molar-refractivity contribution in [3.8, 4) is 5.75 Å². The number of phenolic OH excluding ortho intramolecular Hbond substituents is 1. The second-order valence-electron chi connectivity index (χ2n) is 3.13. The van der Waals surface area contributed by atoms with Crippen LogP contribution in [-0.4, -0.2) is 5.11 Å². The highest BCUT2D eigenvalue weighted by atomic mass is 16.3. The number of aryl methyl sites for hydroxylation is 1. The Balaban J connectivity index is 2.57. The number of phenols is 1. The fraction of sp³-hybridized carbons (Fsp3) is 0.273. The van der Waals surface area contributed by atoms with E-state index in [1.54, 1.807) is 12.1 Å². The van der Waals surface area contributed by atoms with E-state index >= 15 is 0 Å². The Bertz CT molecular complexity index is 276. The molecule has 1 nitrogen and oxygen atoms in total. The Morgan fingerprint density at radius 1 is 1.50 bits per heavy atom. The summed E-state index contributed by atoms with van der Waals surface area (Å²) in [6.45, 7) is 5.85. The van der Waals surface area contributed by atoms with Crippen LogP contribution in [0.1, 0.15) is 18.9 Å². The molecular weight excluding hydrogens is 148 g/mol. The molecule has 0 fully saturated rings. The zero-order chi connectivity index (χ0) is 8.97. The molecule has 1 rings (SSSR count). The minimum atomic E-state index is 0.342. The van der Waals surface area contributed by atoms with Gasteiger partial charge in [0, 0.05) is 0 Å². The third-order valence-electron chi connectivity index (χ3n) is 1.75. The van der Waals surface area contributed by atoms with Crippen LogP contribution in [0.3, 0.4) is 0 Å². The monoisotopic (exact) mass is 162 g/mol. The van der Waals surface area contributed by atoms with Gasteiger partial charge in [-0.25, -0.2) is 0 Å². The third kappa shape index (κ3) is 2.79. The molecule has 64 valence electrons. The lowest BCUT2D eigenvalue weighted by molar-refractivity contribution is 0.474. The van der Waals surface area contributed by atoms with Crippen molar-refractivity contribution in [1.29, 1.82) is 0 Å². The van der Waals surface area contributed by atoms with Gasteiger partial charge in [-0.05, 0) is 37.5 Å². The Labute approximate surface area is 73.4 Å². The van der Waals surface area contributed by atoms with Crippen LogP contribution in [-0.2, 0) is 6.42 Å². The number of aromatic hydroxyl groups is 1. The Hall–Kier alpha value is -1.24. The maximum Gasteiger partial charge on any atom is 0.115 e. The molecule has 0 aromatic heterocycles. The van der Waals surface area contributed by atoms with Crippen LogP contribution in [0.25, 0.3) is 0 Å². The summed E-state index contributed by atoms with van der Waals surface area (Å²) in [5.41, 5.74) is 2.34. The van der Waals surface area contributed by atoms with Crippen LogP contribution in [0, 0.1) is 0 Å². The predicted molar refractivity (Wildman–Crippen MR) is 51.2 cm³/mol. The predicted octanol–water partition coefficient (Wildman–Crippen LogP) is 2.90. The summed E-state index contributed by atoms with van der Waals surface area (Å²) in [4.78, 5) is 0. The Morgan fingerprint density at radius 2 is 2.25 bits per heavy atom. The van der Waals surface area contributed by atoms with Gasteiger partial charge in [0.1, 0.15) is 5.75 Å². The fourth-order valence-corrected chi connectivity index (χ4v) is 1.07. The summed E-state index contributed by atoms with van der Waals surface area (Å²) in [6, 6.07) is 7.36. The largest absolute Gasteiger partial charge is 0.508 e. The quantitative estimate of drug-likeness (QED) is 0.677. The second-order valence-corrected chi connectivity index (χ2v) is 3.13. The number of benzene rings is 1. The molecule has 1 aromatic carbocycles. The van der Waals surface area contributed by atoms with Crippen molar-refractivity contribution in [2.45, 2.75) is 19.8 Å². The molecule has 0 saturated heterocycles. The minimum Gasteiger partial charge on any atom is -0.508 e. The maximum atomic E-state index is 9.16. The Kier molecular flexibility index (Phi) is 2.92. The van der Waals surface area contributed by atoms with Crippen molar-refractivity contribution in [1.82, 2.24) is 0 Å². The average Bonchev–Trinajstić information content (AvgIpc) is 2.01. The van der Waals surface area contributed by atoms with Crippen molar-refractivity contribution in [2.75, 3.05) is 0 Å². The van der Waals surface area contributed by atoms with Gasteiger partial charge < -0.3 is 5.11 Å². The van der Waals surface area contributed by atoms with Gasteiger partial charge in [-0.15, -0.1) is 6.58 Å². The van der Waals surface area contributed by atoms with Crippen molar-refractivity contribution in [2.24, 2.45) is 0 Å². The topological polar surface area (TPSA) is 20.2 Å². The molecule has 0 aliphatic carbocycles. The third-order valence-corrected chi connectivity index (χ3v) is 1.75. The summed E-state index contributed by atoms with van der Waals surface area (Å²) >= 11 is 0. The summed E-state index contributed by atoms with van der Waals surface area (Å²) in [5.74, 6) is 0.342. The van der Waals surface area contributed by atoms with Gasteiger partial charge in [0.2, 0.25) is 0 Å². The van der Waals surface area contributed by atoms with Crippen LogP contribution in [0.4, 0.5) is 0 Å². The smallest absolute Gasteiger partial charge is 0.115 e. The molecule has 0 unspecified atom stereocenters. The first-order chi connectivity index (χ1) is 5.68. The van der Waals surface area contributed by atoms with Gasteiger partial charge in [-0.2, -0.15) is 0 Å². The molecule has 0 amide bonds. The molecule has 0 bridgehead atoms. The van der Waals surface area contributed by atoms with Gasteiger partial charge in [0.25, 0.3) is 0 Å². The molecule has 0 aliphatic rings. The average molecular weight is 162 g/mol. The van der Waals surface area contributed by atoms with Gasteiger partial charge >= 0.3 is 0 Å². The van der Waals surface area contributed by atoms with E-state index in [1.807, 2.05) is 19.1 Å². The first-order valence-electron chi connectivity index (χ1n) is 4.11. The number of allylic oxidation sites excluding steroid dienone is 1. The van der Waals surface area contributed by atoms with E-state index in [2.05, 4.69) is 6.58 Å². The van der Waals surface area contributed by atoms with E-state index in [9.17, 15) is 0 Å². The highest BCUT2D eigenvalue weighted by Crippen LogP contribution is 2.13. The molecule has 0 saturated carbocycles. The molecule has 12 heavy (non-hydrogen) atoms. The zero-order valence-electron chi connectivity index (χ0n) is 7.38. The first kappa shape index (κ1) is 8.85. The zero-order valence-corrected chi connectivity index (χ0v) is 7.38. The first-order valence-corrected chi connectivity index (χ1v) is 4.11. The lowest BCUT2D eigenvalue weighted by atomic mass is 10.1. The SMILES string of the molecule is C=C(C)CCc1cccc(O)c1. The molecule has 0 aliphatic heterocycles. The molecule has 1 N–H and O–H groups in total. The van der Waals surface area contributed by atoms with Gasteiger partial charge in [0.05, 0.1) is 0 Å². The lowest BCUT2D eigenvalue weighted by Crippen LogP contribution is -1.84. The number of hydrogen-bond acceptors (Lipinski definition) is 1. The number of hydrogen-bond donors (Lipinski definition) is 1. The summed E-state index contributed by atoms with van der Waals surface area (Å²) < 4.78 is 0. The van der Waals surface area contributed by atoms with Crippen molar-refractivity contribution >= 4 is 0 Å². The Morgan fingerprint density at radius 3 is 2.83 bits per heavy atom. The molecule has 0 heterocycles. The molecule has 1 aromatic rings. The highest BCUT2D eigenvalue weighted by Gasteiger charge is 1.94. The van der Waals surface area contributed by atoms with Crippen LogP contribution in [0.15, 0.2) is 36.4 Å². The summed E-state index contributed by atoms with van der Waals surface area (Å²) in [7, 11) is 0. The van der Waals surface area contributed by atoms with Gasteiger partial charge in [-0.3, -0.25) is 0 Å². The molecule has 1 heteroatoms. The maximum absolute atomic E-state index is 9.16. The van der Waals surface area contributed by atoms with Crippen molar-refractivity contribution in [3.05, 3.63) is 42.0 Å². The second kappa shape index (κ2) is 3.96. The molecule has 0 atom stereocenters. The van der Waals surface area contributed by atoms with E-state index in [4.69, 9.17) is 5.11 Å². The van der Waals surface area contributed by atoms with Crippen LogP contribution in [0.5, 0.6) is 5.75 Å². The molecule has 0 spiro atoms. The van der Waals surface area contributed by atoms with E-state index in [-0.39, 0.29) is 0 Å². The van der Waals surface area contributed by atoms with Crippen LogP contribution in [0.2, 0.25) is 0 Å². The van der Waals surface area contributed by atoms with E-state index in [0.717, 1.165) is 18.4 Å². The fourth-order valence-electron chi connectivity index (χ4n) is 1.07. The molecular formula is C11H14O. The summed E-state index contributed by atoms with van der Waals surface area (Å²) in [6.07, 6.45) is 1.95. The van der Waals surface area contributed by atoms with Crippen LogP contribution >= 0.6 is 0 Å². The highest BCUT2D eigenvalue weighted by molar-refractivity contribution is 5.27. The molecule has 0 radical (unpaired) electrons. The van der Waals surface area contributed by atoms with Gasteiger partial charge in [-0.1, -0.05) is 17.7 Å². The normalized spacial score (nSPS) is 9.75. The van der Waals surface area contributed by atoms with Gasteiger partial charge in [0.15, 0.2) is 0 Å². The van der Waals surface area contributed by atoms with E-state index < -0.39 is 0 Å². The van der Waals surface area contributed by atoms with Crippen molar-refractivity contribution in [3.63, 3.8) is 0 Å². The standard InChI is InChI=1S/C11H14O/c1-9(2)6-7-10-4-3-5-11(12)8-10/h3-5,8,12H,1,6-7H2,2H3. The lowest BCUT2D eigenvalue weighted by Gasteiger charge is -2.00.